The first-order valence-electron chi connectivity index (χ1n) is 13.6. The minimum Gasteiger partial charge on any atom is -0.468 e. The van der Waals surface area contributed by atoms with Gasteiger partial charge in [-0.3, -0.25) is 9.52 Å². The second-order valence-corrected chi connectivity index (χ2v) is 12.4. The van der Waals surface area contributed by atoms with E-state index in [9.17, 15) is 30.8 Å². The van der Waals surface area contributed by atoms with Crippen molar-refractivity contribution >= 4 is 33.3 Å². The number of methoxy groups -OCH3 is 1. The molecular weight excluding hydrogens is 594 g/mol. The number of aryl methyl sites for hydroxylation is 1. The zero-order valence-electron chi connectivity index (χ0n) is 23.6. The summed E-state index contributed by atoms with van der Waals surface area (Å²) in [7, 11) is -3.01. The number of benzene rings is 1. The van der Waals surface area contributed by atoms with E-state index in [1.54, 1.807) is 41.2 Å². The van der Waals surface area contributed by atoms with Crippen LogP contribution >= 0.6 is 0 Å². The molecule has 0 saturated carbocycles. The highest BCUT2D eigenvalue weighted by atomic mass is 32.2. The first-order chi connectivity index (χ1) is 20.2. The number of nitrogens with zero attached hydrogens (tertiary/aromatic N) is 6. The van der Waals surface area contributed by atoms with Crippen molar-refractivity contribution in [3.05, 3.63) is 42.4 Å². The molecule has 232 valence electrons. The number of carbonyl (C=O) groups is 1. The number of aromatic nitrogens is 4. The lowest BCUT2D eigenvalue weighted by molar-refractivity contribution is -0.137. The summed E-state index contributed by atoms with van der Waals surface area (Å²) in [5.41, 5.74) is 2.86. The van der Waals surface area contributed by atoms with Crippen LogP contribution in [0.1, 0.15) is 31.4 Å². The summed E-state index contributed by atoms with van der Waals surface area (Å²) in [6.07, 6.45) is 1.95. The number of alkyl halides is 4. The predicted octanol–water partition coefficient (Wildman–Crippen LogP) is 4.02. The van der Waals surface area contributed by atoms with Crippen LogP contribution in [0.3, 0.4) is 0 Å². The molecule has 2 saturated heterocycles. The Labute approximate surface area is 245 Å². The van der Waals surface area contributed by atoms with Crippen LogP contribution in [0.2, 0.25) is 0 Å². The zero-order chi connectivity index (χ0) is 31.0. The van der Waals surface area contributed by atoms with Gasteiger partial charge in [0, 0.05) is 69.3 Å². The van der Waals surface area contributed by atoms with Gasteiger partial charge in [0.15, 0.2) is 5.75 Å². The zero-order valence-corrected chi connectivity index (χ0v) is 24.4. The first kappa shape index (κ1) is 30.5. The number of sulfonamides is 1. The van der Waals surface area contributed by atoms with Crippen molar-refractivity contribution in [2.24, 2.45) is 0 Å². The number of carbonyl (C=O) groups excluding carboxylic acids is 1. The Balaban J connectivity index is 1.46. The van der Waals surface area contributed by atoms with E-state index in [4.69, 9.17) is 0 Å². The van der Waals surface area contributed by atoms with Gasteiger partial charge in [-0.1, -0.05) is 0 Å². The van der Waals surface area contributed by atoms with Crippen molar-refractivity contribution < 1.29 is 35.5 Å². The molecule has 1 N–H and O–H groups in total. The summed E-state index contributed by atoms with van der Waals surface area (Å²) in [5.74, 6) is -6.99. The van der Waals surface area contributed by atoms with Crippen LogP contribution in [0.5, 0.6) is 0 Å². The van der Waals surface area contributed by atoms with Crippen LogP contribution in [-0.4, -0.2) is 85.0 Å². The fraction of sp³-hybridized carbons (Fsp3) is 0.481. The molecule has 2 aliphatic heterocycles. The predicted molar refractivity (Wildman–Crippen MR) is 152 cm³/mol. The van der Waals surface area contributed by atoms with Gasteiger partial charge in [-0.15, -0.1) is 0 Å². The lowest BCUT2D eigenvalue weighted by Crippen LogP contribution is -2.40. The molecule has 1 aromatic carbocycles. The molecule has 3 aromatic rings. The van der Waals surface area contributed by atoms with Gasteiger partial charge in [0.25, 0.3) is 11.8 Å². The summed E-state index contributed by atoms with van der Waals surface area (Å²) < 4.78 is 88.5. The van der Waals surface area contributed by atoms with E-state index in [2.05, 4.69) is 24.5 Å². The Hall–Kier alpha value is -3.95. The minimum atomic E-state index is -4.09. The highest BCUT2D eigenvalue weighted by Crippen LogP contribution is 2.36. The summed E-state index contributed by atoms with van der Waals surface area (Å²) >= 11 is 0. The van der Waals surface area contributed by atoms with E-state index in [0.29, 0.717) is 34.3 Å². The van der Waals surface area contributed by atoms with E-state index in [1.165, 1.54) is 16.8 Å². The van der Waals surface area contributed by atoms with Crippen molar-refractivity contribution in [2.45, 2.75) is 44.5 Å². The Kier molecular flexibility index (Phi) is 8.24. The largest absolute Gasteiger partial charge is 0.468 e. The third-order valence-corrected chi connectivity index (χ3v) is 8.53. The van der Waals surface area contributed by atoms with Gasteiger partial charge in [-0.25, -0.2) is 40.6 Å². The van der Waals surface area contributed by atoms with Crippen LogP contribution in [0.25, 0.3) is 16.9 Å². The van der Waals surface area contributed by atoms with Crippen LogP contribution in [0.15, 0.2) is 36.7 Å². The monoisotopic (exact) mass is 625 g/mol. The quantitative estimate of drug-likeness (QED) is 0.292. The highest BCUT2D eigenvalue weighted by Gasteiger charge is 2.36. The number of anilines is 3. The molecule has 2 aliphatic rings. The molecule has 0 aliphatic carbocycles. The molecule has 0 spiro atoms. The van der Waals surface area contributed by atoms with Crippen molar-refractivity contribution in [1.29, 1.82) is 0 Å². The second-order valence-electron chi connectivity index (χ2n) is 10.7. The lowest BCUT2D eigenvalue weighted by atomic mass is 10.1. The molecule has 11 nitrogen and oxygen atoms in total. The van der Waals surface area contributed by atoms with E-state index in [1.807, 2.05) is 0 Å². The Morgan fingerprint density at radius 3 is 2.21 bits per heavy atom. The average molecular weight is 626 g/mol. The van der Waals surface area contributed by atoms with Gasteiger partial charge in [-0.05, 0) is 31.2 Å². The molecular formula is C27H31F4N7O4S. The number of ether oxygens (including phenoxy) is 1. The average Bonchev–Trinajstić information content (AvgIpc) is 3.42. The molecule has 0 radical (unpaired) electrons. The van der Waals surface area contributed by atoms with Crippen LogP contribution in [0, 0.1) is 6.92 Å². The summed E-state index contributed by atoms with van der Waals surface area (Å²) in [6, 6.07) is 6.33. The Morgan fingerprint density at radius 1 is 0.953 bits per heavy atom. The van der Waals surface area contributed by atoms with Gasteiger partial charge in [0.05, 0.1) is 36.1 Å². The number of nitrogens with one attached hydrogen (secondary N) is 1. The third-order valence-electron chi connectivity index (χ3n) is 7.37. The summed E-state index contributed by atoms with van der Waals surface area (Å²) in [5, 5.41) is 4.46. The smallest absolute Gasteiger partial charge is 0.322 e. The normalized spacial score (nSPS) is 18.4. The second kappa shape index (κ2) is 11.6. The highest BCUT2D eigenvalue weighted by molar-refractivity contribution is 7.93. The minimum absolute atomic E-state index is 0.0236. The van der Waals surface area contributed by atoms with Crippen molar-refractivity contribution in [1.82, 2.24) is 19.7 Å². The molecule has 2 fully saturated rings. The van der Waals surface area contributed by atoms with Crippen molar-refractivity contribution in [3.8, 4) is 16.9 Å². The number of esters is 1. The molecule has 0 unspecified atom stereocenters. The third kappa shape index (κ3) is 7.35. The topological polar surface area (TPSA) is 123 Å². The maximum absolute atomic E-state index is 14.0. The maximum Gasteiger partial charge on any atom is 0.322 e. The Morgan fingerprint density at radius 2 is 1.58 bits per heavy atom. The van der Waals surface area contributed by atoms with Crippen LogP contribution in [-0.2, 0) is 19.6 Å². The molecule has 0 atom stereocenters. The van der Waals surface area contributed by atoms with Crippen LogP contribution < -0.4 is 14.5 Å². The first-order valence-corrected chi connectivity index (χ1v) is 15.3. The fourth-order valence-corrected chi connectivity index (χ4v) is 5.99. The van der Waals surface area contributed by atoms with Gasteiger partial charge >= 0.3 is 5.97 Å². The molecule has 4 heterocycles. The van der Waals surface area contributed by atoms with Crippen molar-refractivity contribution in [2.75, 3.05) is 53.6 Å². The van der Waals surface area contributed by atoms with E-state index < -0.39 is 33.6 Å². The molecule has 0 bridgehead atoms. The number of hydrogen-bond acceptors (Lipinski definition) is 9. The summed E-state index contributed by atoms with van der Waals surface area (Å²) in [6.45, 7) is 2.08. The standard InChI is InChI=1S/C27H31F4N7O4S/c1-18-13-21(34-25(33-18)37-11-7-27(30,31)8-12-37)19-15-32-38(16-19)22-4-3-20(35-43(40,41)17-24(39)42-2)14-23(22)36-9-5-26(28,29)6-10-36/h3-4,13-16,35H,5-12,17H2,1-2H3. The number of piperidine rings is 2. The Bertz CT molecular complexity index is 1600. The van der Waals surface area contributed by atoms with Gasteiger partial charge in [0.1, 0.15) is 0 Å². The summed E-state index contributed by atoms with van der Waals surface area (Å²) in [4.78, 5) is 24.0. The van der Waals surface area contributed by atoms with Crippen molar-refractivity contribution in [3.63, 3.8) is 0 Å². The fourth-order valence-electron chi connectivity index (χ4n) is 5.00. The molecule has 0 amide bonds. The molecule has 43 heavy (non-hydrogen) atoms. The van der Waals surface area contributed by atoms with E-state index in [-0.39, 0.29) is 57.5 Å². The number of rotatable bonds is 8. The molecule has 16 heteroatoms. The SMILES string of the molecule is COC(=O)CS(=O)(=O)Nc1ccc(-n2cc(-c3cc(C)nc(N4CCC(F)(F)CC4)n3)cn2)c(N2CCC(F)(F)CC2)c1. The maximum atomic E-state index is 14.0. The molecule has 2 aromatic heterocycles. The van der Waals surface area contributed by atoms with Gasteiger partial charge < -0.3 is 14.5 Å². The lowest BCUT2D eigenvalue weighted by Gasteiger charge is -2.34. The van der Waals surface area contributed by atoms with Gasteiger partial charge in [0.2, 0.25) is 16.0 Å². The van der Waals surface area contributed by atoms with Gasteiger partial charge in [-0.2, -0.15) is 5.10 Å². The van der Waals surface area contributed by atoms with E-state index >= 15 is 0 Å². The molecule has 5 rings (SSSR count). The number of halogens is 4. The van der Waals surface area contributed by atoms with E-state index in [0.717, 1.165) is 7.11 Å². The van der Waals surface area contributed by atoms with Crippen LogP contribution in [0.4, 0.5) is 34.9 Å². The number of hydrogen-bond donors (Lipinski definition) is 1.